The highest BCUT2D eigenvalue weighted by atomic mass is 35.5. The largest absolute Gasteiger partial charge is 0.356 e. The zero-order valence-electron chi connectivity index (χ0n) is 23.3. The molecule has 1 heterocycles. The third-order valence-corrected chi connectivity index (χ3v) is 7.68. The van der Waals surface area contributed by atoms with Crippen molar-refractivity contribution in [3.63, 3.8) is 0 Å². The molecule has 1 aromatic heterocycles. The molecule has 0 unspecified atom stereocenters. The standard InChI is InChI=1S/C24H26Cl2N4O3.C7H6Cl2/c1-15(2)19(29-23(31)21(27)16-7-4-3-5-8-16)14-30(24(32)22(25)26)18-10-6-9-17(13-18)20-11-12-28-33-20;1-5-6(8)3-2-4-7(5)9/h3-13,15,19,21-22H,14,27H2,1-2H3,(H,29,31);2-4H,1H3/t19-,21+;/m1./s1. The number of amides is 2. The minimum Gasteiger partial charge on any atom is -0.356 e. The molecule has 11 heteroatoms. The van der Waals surface area contributed by atoms with Crippen LogP contribution in [0.3, 0.4) is 0 Å². The van der Waals surface area contributed by atoms with Crippen LogP contribution in [0.4, 0.5) is 5.69 Å². The van der Waals surface area contributed by atoms with E-state index in [1.54, 1.807) is 42.6 Å². The van der Waals surface area contributed by atoms with Gasteiger partial charge in [-0.15, -0.1) is 0 Å². The van der Waals surface area contributed by atoms with Gasteiger partial charge >= 0.3 is 0 Å². The Hall–Kier alpha value is -3.07. The van der Waals surface area contributed by atoms with Crippen LogP contribution in [0.25, 0.3) is 11.3 Å². The van der Waals surface area contributed by atoms with Crippen LogP contribution in [0.2, 0.25) is 10.0 Å². The molecule has 0 saturated heterocycles. The highest BCUT2D eigenvalue weighted by Crippen LogP contribution is 2.27. The van der Waals surface area contributed by atoms with Crippen LogP contribution in [-0.4, -0.2) is 34.4 Å². The van der Waals surface area contributed by atoms with E-state index in [1.165, 1.54) is 4.90 Å². The van der Waals surface area contributed by atoms with E-state index < -0.39 is 22.8 Å². The molecule has 0 aliphatic heterocycles. The minimum atomic E-state index is -1.27. The molecule has 222 valence electrons. The summed E-state index contributed by atoms with van der Waals surface area (Å²) in [7, 11) is 0. The van der Waals surface area contributed by atoms with Crippen molar-refractivity contribution in [3.8, 4) is 11.3 Å². The van der Waals surface area contributed by atoms with Crippen molar-refractivity contribution in [3.05, 3.63) is 106 Å². The number of nitrogens with zero attached hydrogens (tertiary/aromatic N) is 2. The van der Waals surface area contributed by atoms with E-state index in [1.807, 2.05) is 63.2 Å². The Morgan fingerprint density at radius 3 is 2.14 bits per heavy atom. The van der Waals surface area contributed by atoms with Crippen molar-refractivity contribution >= 4 is 63.9 Å². The molecule has 4 aromatic rings. The maximum Gasteiger partial charge on any atom is 0.260 e. The van der Waals surface area contributed by atoms with E-state index in [9.17, 15) is 9.59 Å². The molecular formula is C31H32Cl4N4O3. The van der Waals surface area contributed by atoms with Gasteiger partial charge in [0.15, 0.2) is 10.6 Å². The van der Waals surface area contributed by atoms with E-state index in [0.717, 1.165) is 21.2 Å². The summed E-state index contributed by atoms with van der Waals surface area (Å²) in [6.45, 7) is 5.95. The Balaban J connectivity index is 0.000000458. The third kappa shape index (κ3) is 9.21. The fourth-order valence-electron chi connectivity index (χ4n) is 3.92. The summed E-state index contributed by atoms with van der Waals surface area (Å²) in [6, 6.07) is 22.2. The molecule has 0 saturated carbocycles. The lowest BCUT2D eigenvalue weighted by molar-refractivity contribution is -0.124. The highest BCUT2D eigenvalue weighted by Gasteiger charge is 2.29. The number of hydrogen-bond donors (Lipinski definition) is 2. The van der Waals surface area contributed by atoms with Crippen LogP contribution in [-0.2, 0) is 9.59 Å². The van der Waals surface area contributed by atoms with Gasteiger partial charge in [-0.25, -0.2) is 0 Å². The number of nitrogens with two attached hydrogens (primary N) is 1. The van der Waals surface area contributed by atoms with Crippen LogP contribution < -0.4 is 16.0 Å². The Kier molecular flexibility index (Phi) is 12.7. The first-order valence-corrected chi connectivity index (χ1v) is 14.7. The quantitative estimate of drug-likeness (QED) is 0.182. The van der Waals surface area contributed by atoms with Gasteiger partial charge in [0.25, 0.3) is 5.91 Å². The number of rotatable bonds is 9. The lowest BCUT2D eigenvalue weighted by Gasteiger charge is -2.31. The van der Waals surface area contributed by atoms with Gasteiger partial charge in [0.1, 0.15) is 6.04 Å². The monoisotopic (exact) mass is 648 g/mol. The van der Waals surface area contributed by atoms with Crippen LogP contribution in [0.1, 0.15) is 31.0 Å². The number of hydrogen-bond acceptors (Lipinski definition) is 5. The Labute approximate surface area is 265 Å². The average Bonchev–Trinajstić information content (AvgIpc) is 3.53. The summed E-state index contributed by atoms with van der Waals surface area (Å²) in [6.07, 6.45) is 1.54. The Bertz CT molecular complexity index is 1430. The fraction of sp³-hybridized carbons (Fsp3) is 0.258. The lowest BCUT2D eigenvalue weighted by atomic mass is 10.0. The number of carbonyl (C=O) groups excluding carboxylic acids is 2. The molecule has 0 bridgehead atoms. The number of halogens is 4. The number of nitrogens with one attached hydrogen (secondary N) is 1. The fourth-order valence-corrected chi connectivity index (χ4v) is 4.55. The molecule has 0 radical (unpaired) electrons. The second-order valence-electron chi connectivity index (χ2n) is 9.77. The molecule has 2 amide bonds. The molecule has 3 N–H and O–H groups in total. The van der Waals surface area contributed by atoms with Gasteiger partial charge < -0.3 is 20.5 Å². The number of carbonyl (C=O) groups is 2. The summed E-state index contributed by atoms with van der Waals surface area (Å²) in [5.41, 5.74) is 9.10. The summed E-state index contributed by atoms with van der Waals surface area (Å²) >= 11 is 23.4. The summed E-state index contributed by atoms with van der Waals surface area (Å²) in [4.78, 5) is 26.0. The van der Waals surface area contributed by atoms with E-state index >= 15 is 0 Å². The van der Waals surface area contributed by atoms with E-state index in [0.29, 0.717) is 17.0 Å². The van der Waals surface area contributed by atoms with E-state index in [-0.39, 0.29) is 18.4 Å². The zero-order chi connectivity index (χ0) is 30.8. The Morgan fingerprint density at radius 2 is 1.60 bits per heavy atom. The van der Waals surface area contributed by atoms with Gasteiger partial charge in [0.05, 0.1) is 6.20 Å². The van der Waals surface area contributed by atoms with Crippen molar-refractivity contribution in [2.75, 3.05) is 11.4 Å². The molecule has 0 aliphatic carbocycles. The zero-order valence-corrected chi connectivity index (χ0v) is 26.3. The number of anilines is 1. The molecule has 3 aromatic carbocycles. The number of benzene rings is 3. The molecule has 0 fully saturated rings. The SMILES string of the molecule is CC(C)[C@@H](CN(C(=O)C(Cl)Cl)c1cccc(-c2ccno2)c1)NC(=O)[C@@H](N)c1ccccc1.Cc1c(Cl)cccc1Cl. The van der Waals surface area contributed by atoms with Crippen molar-refractivity contribution in [2.24, 2.45) is 11.7 Å². The molecule has 7 nitrogen and oxygen atoms in total. The van der Waals surface area contributed by atoms with Gasteiger partial charge in [-0.05, 0) is 48.2 Å². The van der Waals surface area contributed by atoms with Gasteiger partial charge in [-0.3, -0.25) is 9.59 Å². The second kappa shape index (κ2) is 16.0. The molecular weight excluding hydrogens is 618 g/mol. The normalized spacial score (nSPS) is 12.3. The third-order valence-electron chi connectivity index (χ3n) is 6.49. The molecule has 42 heavy (non-hydrogen) atoms. The van der Waals surface area contributed by atoms with Crippen LogP contribution >= 0.6 is 46.4 Å². The van der Waals surface area contributed by atoms with Gasteiger partial charge in [0, 0.05) is 39.9 Å². The van der Waals surface area contributed by atoms with Crippen LogP contribution in [0.5, 0.6) is 0 Å². The van der Waals surface area contributed by atoms with Gasteiger partial charge in [0.2, 0.25) is 5.91 Å². The van der Waals surface area contributed by atoms with Gasteiger partial charge in [-0.2, -0.15) is 0 Å². The second-order valence-corrected chi connectivity index (χ2v) is 11.7. The summed E-state index contributed by atoms with van der Waals surface area (Å²) < 4.78 is 5.23. The first-order valence-electron chi connectivity index (χ1n) is 13.1. The molecule has 0 spiro atoms. The van der Waals surface area contributed by atoms with Crippen molar-refractivity contribution in [1.82, 2.24) is 10.5 Å². The first-order chi connectivity index (χ1) is 20.0. The Morgan fingerprint density at radius 1 is 0.952 bits per heavy atom. The smallest absolute Gasteiger partial charge is 0.260 e. The lowest BCUT2D eigenvalue weighted by Crippen LogP contribution is -2.51. The summed E-state index contributed by atoms with van der Waals surface area (Å²) in [5, 5.41) is 8.15. The predicted molar refractivity (Wildman–Crippen MR) is 171 cm³/mol. The van der Waals surface area contributed by atoms with E-state index in [2.05, 4.69) is 10.5 Å². The van der Waals surface area contributed by atoms with Crippen molar-refractivity contribution in [2.45, 2.75) is 37.7 Å². The maximum absolute atomic E-state index is 12.9. The highest BCUT2D eigenvalue weighted by molar-refractivity contribution is 6.54. The van der Waals surface area contributed by atoms with Crippen LogP contribution in [0, 0.1) is 12.8 Å². The maximum atomic E-state index is 12.9. The number of aromatic nitrogens is 1. The minimum absolute atomic E-state index is 0.00576. The van der Waals surface area contributed by atoms with Gasteiger partial charge in [-0.1, -0.05) is 114 Å². The first kappa shape index (κ1) is 33.4. The molecule has 4 rings (SSSR count). The van der Waals surface area contributed by atoms with E-state index in [4.69, 9.17) is 56.7 Å². The predicted octanol–water partition coefficient (Wildman–Crippen LogP) is 7.62. The number of alkyl halides is 2. The molecule has 0 aliphatic rings. The molecule has 2 atom stereocenters. The van der Waals surface area contributed by atoms with Crippen molar-refractivity contribution in [1.29, 1.82) is 0 Å². The van der Waals surface area contributed by atoms with Crippen molar-refractivity contribution < 1.29 is 14.1 Å². The van der Waals surface area contributed by atoms with Crippen LogP contribution in [0.15, 0.2) is 89.6 Å². The average molecular weight is 650 g/mol. The summed E-state index contributed by atoms with van der Waals surface area (Å²) in [5.74, 6) is -0.287. The topological polar surface area (TPSA) is 101 Å².